The van der Waals surface area contributed by atoms with Crippen LogP contribution in [0.2, 0.25) is 5.15 Å². The van der Waals surface area contributed by atoms with Gasteiger partial charge in [-0.1, -0.05) is 17.7 Å². The lowest BCUT2D eigenvalue weighted by molar-refractivity contribution is 0.0974. The molecule has 5 nitrogen and oxygen atoms in total. The molecule has 1 fully saturated rings. The molecule has 0 unspecified atom stereocenters. The molecule has 3 rings (SSSR count). The SMILES string of the molecule is O=C(c1cccs1)N(c1cncc(Cl)n1)C1CCNCC1. The van der Waals surface area contributed by atoms with E-state index < -0.39 is 0 Å². The summed E-state index contributed by atoms with van der Waals surface area (Å²) in [5, 5.41) is 5.51. The molecule has 1 aliphatic heterocycles. The number of nitrogens with one attached hydrogen (secondary N) is 1. The maximum Gasteiger partial charge on any atom is 0.269 e. The zero-order valence-electron chi connectivity index (χ0n) is 11.3. The van der Waals surface area contributed by atoms with E-state index in [0.29, 0.717) is 15.8 Å². The summed E-state index contributed by atoms with van der Waals surface area (Å²) < 4.78 is 0. The Kier molecular flexibility index (Phi) is 4.48. The summed E-state index contributed by atoms with van der Waals surface area (Å²) in [6, 6.07) is 3.83. The van der Waals surface area contributed by atoms with Gasteiger partial charge in [0.05, 0.1) is 17.3 Å². The van der Waals surface area contributed by atoms with Crippen LogP contribution in [0.4, 0.5) is 5.82 Å². The van der Waals surface area contributed by atoms with Gasteiger partial charge in [-0.2, -0.15) is 0 Å². The summed E-state index contributed by atoms with van der Waals surface area (Å²) in [5.41, 5.74) is 0. The molecule has 0 aliphatic carbocycles. The lowest BCUT2D eigenvalue weighted by atomic mass is 10.0. The van der Waals surface area contributed by atoms with Crippen LogP contribution in [0.5, 0.6) is 0 Å². The van der Waals surface area contributed by atoms with Crippen molar-refractivity contribution in [1.82, 2.24) is 15.3 Å². The van der Waals surface area contributed by atoms with Crippen LogP contribution >= 0.6 is 22.9 Å². The minimum atomic E-state index is -0.0338. The Morgan fingerprint density at radius 3 is 2.86 bits per heavy atom. The monoisotopic (exact) mass is 322 g/mol. The zero-order chi connectivity index (χ0) is 14.7. The maximum atomic E-state index is 12.8. The highest BCUT2D eigenvalue weighted by molar-refractivity contribution is 7.12. The van der Waals surface area contributed by atoms with E-state index in [1.165, 1.54) is 17.5 Å². The quantitative estimate of drug-likeness (QED) is 0.943. The fourth-order valence-electron chi connectivity index (χ4n) is 2.49. The lowest BCUT2D eigenvalue weighted by Gasteiger charge is -2.33. The molecule has 2 aromatic rings. The van der Waals surface area contributed by atoms with Crippen molar-refractivity contribution >= 4 is 34.7 Å². The summed E-state index contributed by atoms with van der Waals surface area (Å²) in [5.74, 6) is 0.487. The average Bonchev–Trinajstić information content (AvgIpc) is 3.03. The zero-order valence-corrected chi connectivity index (χ0v) is 12.9. The van der Waals surface area contributed by atoms with Crippen molar-refractivity contribution in [2.45, 2.75) is 18.9 Å². The molecule has 1 saturated heterocycles. The van der Waals surface area contributed by atoms with Gasteiger partial charge in [0.1, 0.15) is 5.15 Å². The number of halogens is 1. The molecule has 2 aromatic heterocycles. The number of hydrogen-bond donors (Lipinski definition) is 1. The molecule has 1 N–H and O–H groups in total. The largest absolute Gasteiger partial charge is 0.317 e. The van der Waals surface area contributed by atoms with Crippen molar-refractivity contribution in [3.8, 4) is 0 Å². The van der Waals surface area contributed by atoms with Crippen LogP contribution in [-0.4, -0.2) is 35.0 Å². The summed E-state index contributed by atoms with van der Waals surface area (Å²) in [6.45, 7) is 1.79. The number of hydrogen-bond acceptors (Lipinski definition) is 5. The van der Waals surface area contributed by atoms with E-state index >= 15 is 0 Å². The second-order valence-electron chi connectivity index (χ2n) is 4.83. The van der Waals surface area contributed by atoms with Gasteiger partial charge in [-0.05, 0) is 37.4 Å². The molecule has 0 aromatic carbocycles. The third kappa shape index (κ3) is 3.23. The van der Waals surface area contributed by atoms with Gasteiger partial charge in [0, 0.05) is 6.04 Å². The van der Waals surface area contributed by atoms with Crippen molar-refractivity contribution in [2.24, 2.45) is 0 Å². The van der Waals surface area contributed by atoms with Crippen molar-refractivity contribution < 1.29 is 4.79 Å². The van der Waals surface area contributed by atoms with E-state index in [1.807, 2.05) is 17.5 Å². The first kappa shape index (κ1) is 14.4. The second-order valence-corrected chi connectivity index (χ2v) is 6.17. The summed E-state index contributed by atoms with van der Waals surface area (Å²) in [7, 11) is 0. The van der Waals surface area contributed by atoms with Crippen LogP contribution in [0.3, 0.4) is 0 Å². The molecule has 0 saturated carbocycles. The Labute approximate surface area is 132 Å². The van der Waals surface area contributed by atoms with Crippen LogP contribution in [0, 0.1) is 0 Å². The van der Waals surface area contributed by atoms with Gasteiger partial charge in [-0.3, -0.25) is 14.7 Å². The maximum absolute atomic E-state index is 12.8. The second kappa shape index (κ2) is 6.51. The number of piperidine rings is 1. The van der Waals surface area contributed by atoms with E-state index in [-0.39, 0.29) is 11.9 Å². The number of anilines is 1. The van der Waals surface area contributed by atoms with E-state index in [2.05, 4.69) is 15.3 Å². The molecule has 7 heteroatoms. The van der Waals surface area contributed by atoms with E-state index in [9.17, 15) is 4.79 Å². The minimum Gasteiger partial charge on any atom is -0.317 e. The number of rotatable bonds is 3. The molecule has 0 spiro atoms. The Morgan fingerprint density at radius 1 is 1.38 bits per heavy atom. The molecule has 0 radical (unpaired) electrons. The molecule has 21 heavy (non-hydrogen) atoms. The highest BCUT2D eigenvalue weighted by Crippen LogP contribution is 2.24. The van der Waals surface area contributed by atoms with Crippen LogP contribution < -0.4 is 10.2 Å². The van der Waals surface area contributed by atoms with Gasteiger partial charge < -0.3 is 5.32 Å². The number of aromatic nitrogens is 2. The van der Waals surface area contributed by atoms with Crippen LogP contribution in [0.25, 0.3) is 0 Å². The third-order valence-corrected chi connectivity index (χ3v) is 4.50. The Morgan fingerprint density at radius 2 is 2.19 bits per heavy atom. The number of nitrogens with zero attached hydrogens (tertiary/aromatic N) is 3. The Bertz CT molecular complexity index is 613. The molecule has 3 heterocycles. The van der Waals surface area contributed by atoms with Crippen LogP contribution in [0.15, 0.2) is 29.9 Å². The summed E-state index contributed by atoms with van der Waals surface area (Å²) in [6.07, 6.45) is 4.86. The fraction of sp³-hybridized carbons (Fsp3) is 0.357. The van der Waals surface area contributed by atoms with Gasteiger partial charge in [-0.15, -0.1) is 11.3 Å². The van der Waals surface area contributed by atoms with Crippen molar-refractivity contribution in [1.29, 1.82) is 0 Å². The molecule has 0 atom stereocenters. The minimum absolute atomic E-state index is 0.0338. The highest BCUT2D eigenvalue weighted by Gasteiger charge is 2.29. The van der Waals surface area contributed by atoms with Gasteiger partial charge in [0.15, 0.2) is 5.82 Å². The topological polar surface area (TPSA) is 58.1 Å². The van der Waals surface area contributed by atoms with Crippen molar-refractivity contribution in [2.75, 3.05) is 18.0 Å². The Hall–Kier alpha value is -1.50. The van der Waals surface area contributed by atoms with Crippen molar-refractivity contribution in [3.63, 3.8) is 0 Å². The normalized spacial score (nSPS) is 15.9. The fourth-order valence-corrected chi connectivity index (χ4v) is 3.29. The molecule has 110 valence electrons. The predicted octanol–water partition coefficient (Wildman–Crippen LogP) is 2.59. The number of thiophene rings is 1. The first-order valence-electron chi connectivity index (χ1n) is 6.81. The summed E-state index contributed by atoms with van der Waals surface area (Å²) >= 11 is 7.37. The van der Waals surface area contributed by atoms with Crippen LogP contribution in [0.1, 0.15) is 22.5 Å². The molecular formula is C14H15ClN4OS. The standard InChI is InChI=1S/C14H15ClN4OS/c15-12-8-17-9-13(18-12)19(10-3-5-16-6-4-10)14(20)11-2-1-7-21-11/h1-2,7-10,16H,3-6H2. The third-order valence-electron chi connectivity index (χ3n) is 3.46. The van der Waals surface area contributed by atoms with Crippen molar-refractivity contribution in [3.05, 3.63) is 39.9 Å². The number of carbonyl (C=O) groups excluding carboxylic acids is 1. The number of carbonyl (C=O) groups is 1. The molecule has 0 bridgehead atoms. The Balaban J connectivity index is 1.96. The van der Waals surface area contributed by atoms with Gasteiger partial charge in [-0.25, -0.2) is 4.98 Å². The average molecular weight is 323 g/mol. The van der Waals surface area contributed by atoms with E-state index in [0.717, 1.165) is 25.9 Å². The summed E-state index contributed by atoms with van der Waals surface area (Å²) in [4.78, 5) is 23.6. The highest BCUT2D eigenvalue weighted by atomic mass is 35.5. The van der Waals surface area contributed by atoms with Gasteiger partial charge in [0.2, 0.25) is 0 Å². The first-order chi connectivity index (χ1) is 10.3. The van der Waals surface area contributed by atoms with Gasteiger partial charge in [0.25, 0.3) is 5.91 Å². The predicted molar refractivity (Wildman–Crippen MR) is 84.1 cm³/mol. The smallest absolute Gasteiger partial charge is 0.269 e. The molecular weight excluding hydrogens is 308 g/mol. The van der Waals surface area contributed by atoms with Crippen LogP contribution in [-0.2, 0) is 0 Å². The lowest BCUT2D eigenvalue weighted by Crippen LogP contribution is -2.46. The molecule has 1 aliphatic rings. The van der Waals surface area contributed by atoms with E-state index in [4.69, 9.17) is 11.6 Å². The number of amides is 1. The van der Waals surface area contributed by atoms with Gasteiger partial charge >= 0.3 is 0 Å². The van der Waals surface area contributed by atoms with E-state index in [1.54, 1.807) is 11.1 Å². The molecule has 1 amide bonds. The first-order valence-corrected chi connectivity index (χ1v) is 8.07.